The third-order valence-electron chi connectivity index (χ3n) is 3.00. The number of carbonyl (C=O) groups excluding carboxylic acids is 1. The van der Waals surface area contributed by atoms with Crippen LogP contribution in [0.4, 0.5) is 10.5 Å². The van der Waals surface area contributed by atoms with Gasteiger partial charge in [0.05, 0.1) is 11.3 Å². The summed E-state index contributed by atoms with van der Waals surface area (Å²) in [4.78, 5) is 24.7. The maximum atomic E-state index is 12.0. The van der Waals surface area contributed by atoms with Gasteiger partial charge in [-0.1, -0.05) is 12.1 Å². The van der Waals surface area contributed by atoms with Crippen LogP contribution in [0.25, 0.3) is 0 Å². The van der Waals surface area contributed by atoms with Crippen LogP contribution in [0, 0.1) is 6.92 Å². The fourth-order valence-corrected chi connectivity index (χ4v) is 1.81. The minimum absolute atomic E-state index is 0.0991. The van der Waals surface area contributed by atoms with Gasteiger partial charge in [0.1, 0.15) is 0 Å². The van der Waals surface area contributed by atoms with Crippen LogP contribution in [0.15, 0.2) is 18.2 Å². The average Bonchev–Trinajstić information content (AvgIpc) is 2.40. The van der Waals surface area contributed by atoms with E-state index in [4.69, 9.17) is 5.11 Å². The smallest absolute Gasteiger partial charge is 0.337 e. The Kier molecular flexibility index (Phi) is 5.99. The maximum Gasteiger partial charge on any atom is 0.337 e. The first-order valence-corrected chi connectivity index (χ1v) is 6.47. The second-order valence-corrected chi connectivity index (χ2v) is 4.61. The van der Waals surface area contributed by atoms with E-state index in [9.17, 15) is 9.59 Å². The first-order chi connectivity index (χ1) is 9.47. The number of benzene rings is 1. The number of carbonyl (C=O) groups is 2. The Bertz CT molecular complexity index is 489. The van der Waals surface area contributed by atoms with E-state index in [2.05, 4.69) is 10.6 Å². The fraction of sp³-hybridized carbons (Fsp3) is 0.429. The quantitative estimate of drug-likeness (QED) is 0.693. The summed E-state index contributed by atoms with van der Waals surface area (Å²) in [5.41, 5.74) is 1.18. The molecular weight excluding hydrogens is 258 g/mol. The highest BCUT2D eigenvalue weighted by Crippen LogP contribution is 2.20. The molecule has 6 heteroatoms. The number of amides is 2. The number of nitrogens with zero attached hydrogens (tertiary/aromatic N) is 1. The van der Waals surface area contributed by atoms with Crippen molar-refractivity contribution in [1.29, 1.82) is 0 Å². The van der Waals surface area contributed by atoms with Crippen molar-refractivity contribution in [3.8, 4) is 0 Å². The number of urea groups is 1. The molecule has 0 spiro atoms. The Labute approximate surface area is 118 Å². The molecule has 6 nitrogen and oxygen atoms in total. The van der Waals surface area contributed by atoms with Crippen LogP contribution in [-0.2, 0) is 0 Å². The van der Waals surface area contributed by atoms with Gasteiger partial charge in [0.2, 0.25) is 0 Å². The maximum absolute atomic E-state index is 12.0. The largest absolute Gasteiger partial charge is 0.478 e. The lowest BCUT2D eigenvalue weighted by Gasteiger charge is -2.19. The normalized spacial score (nSPS) is 10.2. The molecule has 0 atom stereocenters. The SMILES string of the molecule is CNCCCN(C)C(=O)Nc1c(C)cccc1C(=O)O. The van der Waals surface area contributed by atoms with E-state index in [1.165, 1.54) is 11.0 Å². The number of aryl methyl sites for hydroxylation is 1. The lowest BCUT2D eigenvalue weighted by atomic mass is 10.1. The average molecular weight is 279 g/mol. The predicted octanol–water partition coefficient (Wildman–Crippen LogP) is 1.77. The zero-order valence-electron chi connectivity index (χ0n) is 12.1. The van der Waals surface area contributed by atoms with Gasteiger partial charge in [-0.05, 0) is 38.6 Å². The molecule has 1 rings (SSSR count). The minimum atomic E-state index is -1.05. The highest BCUT2D eigenvalue weighted by atomic mass is 16.4. The topological polar surface area (TPSA) is 81.7 Å². The van der Waals surface area contributed by atoms with E-state index in [0.717, 1.165) is 18.5 Å². The summed E-state index contributed by atoms with van der Waals surface area (Å²) in [6.45, 7) is 3.19. The third-order valence-corrected chi connectivity index (χ3v) is 3.00. The van der Waals surface area contributed by atoms with Crippen molar-refractivity contribution in [3.05, 3.63) is 29.3 Å². The molecule has 0 bridgehead atoms. The molecule has 110 valence electrons. The second kappa shape index (κ2) is 7.49. The lowest BCUT2D eigenvalue weighted by molar-refractivity contribution is 0.0698. The van der Waals surface area contributed by atoms with Gasteiger partial charge in [0.25, 0.3) is 0 Å². The van der Waals surface area contributed by atoms with E-state index >= 15 is 0 Å². The number of aromatic carboxylic acids is 1. The van der Waals surface area contributed by atoms with Crippen molar-refractivity contribution in [2.24, 2.45) is 0 Å². The molecule has 1 aromatic rings. The Morgan fingerprint density at radius 1 is 1.35 bits per heavy atom. The molecule has 0 heterocycles. The van der Waals surface area contributed by atoms with E-state index in [1.807, 2.05) is 7.05 Å². The zero-order chi connectivity index (χ0) is 15.1. The highest BCUT2D eigenvalue weighted by molar-refractivity contribution is 6.00. The van der Waals surface area contributed by atoms with Crippen molar-refractivity contribution in [3.63, 3.8) is 0 Å². The van der Waals surface area contributed by atoms with E-state index in [0.29, 0.717) is 12.2 Å². The molecule has 0 saturated heterocycles. The summed E-state index contributed by atoms with van der Waals surface area (Å²) >= 11 is 0. The van der Waals surface area contributed by atoms with E-state index in [-0.39, 0.29) is 11.6 Å². The summed E-state index contributed by atoms with van der Waals surface area (Å²) < 4.78 is 0. The fourth-order valence-electron chi connectivity index (χ4n) is 1.81. The van der Waals surface area contributed by atoms with Crippen LogP contribution >= 0.6 is 0 Å². The Morgan fingerprint density at radius 3 is 2.65 bits per heavy atom. The van der Waals surface area contributed by atoms with Crippen LogP contribution in [0.1, 0.15) is 22.3 Å². The summed E-state index contributed by atoms with van der Waals surface area (Å²) in [6.07, 6.45) is 0.833. The summed E-state index contributed by atoms with van der Waals surface area (Å²) in [5.74, 6) is -1.05. The van der Waals surface area contributed by atoms with Crippen molar-refractivity contribution >= 4 is 17.7 Å². The van der Waals surface area contributed by atoms with Crippen LogP contribution in [-0.4, -0.2) is 49.2 Å². The van der Waals surface area contributed by atoms with Gasteiger partial charge >= 0.3 is 12.0 Å². The van der Waals surface area contributed by atoms with Crippen LogP contribution < -0.4 is 10.6 Å². The van der Waals surface area contributed by atoms with E-state index < -0.39 is 5.97 Å². The number of carboxylic acid groups (broad SMARTS) is 1. The van der Waals surface area contributed by atoms with Gasteiger partial charge < -0.3 is 20.6 Å². The van der Waals surface area contributed by atoms with Crippen molar-refractivity contribution in [2.75, 3.05) is 32.5 Å². The van der Waals surface area contributed by atoms with E-state index in [1.54, 1.807) is 26.1 Å². The molecule has 0 saturated carbocycles. The van der Waals surface area contributed by atoms with Gasteiger partial charge in [-0.25, -0.2) is 9.59 Å². The van der Waals surface area contributed by atoms with Gasteiger partial charge in [-0.15, -0.1) is 0 Å². The Morgan fingerprint density at radius 2 is 2.05 bits per heavy atom. The Hall–Kier alpha value is -2.08. The molecule has 20 heavy (non-hydrogen) atoms. The molecule has 3 N–H and O–H groups in total. The minimum Gasteiger partial charge on any atom is -0.478 e. The first-order valence-electron chi connectivity index (χ1n) is 6.47. The number of rotatable bonds is 6. The molecule has 0 fully saturated rings. The predicted molar refractivity (Wildman–Crippen MR) is 78.3 cm³/mol. The number of hydrogen-bond acceptors (Lipinski definition) is 3. The van der Waals surface area contributed by atoms with Crippen LogP contribution in [0.2, 0.25) is 0 Å². The molecule has 0 aliphatic heterocycles. The standard InChI is InChI=1S/C14H21N3O3/c1-10-6-4-7-11(13(18)19)12(10)16-14(20)17(3)9-5-8-15-2/h4,6-7,15H,5,8-9H2,1-3H3,(H,16,20)(H,18,19). The summed E-state index contributed by atoms with van der Waals surface area (Å²) in [5, 5.41) is 14.8. The zero-order valence-corrected chi connectivity index (χ0v) is 12.1. The monoisotopic (exact) mass is 279 g/mol. The number of carboxylic acids is 1. The van der Waals surface area contributed by atoms with Gasteiger partial charge in [-0.2, -0.15) is 0 Å². The molecule has 1 aromatic carbocycles. The first kappa shape index (κ1) is 16.0. The lowest BCUT2D eigenvalue weighted by Crippen LogP contribution is -2.33. The van der Waals surface area contributed by atoms with Gasteiger partial charge in [0, 0.05) is 13.6 Å². The van der Waals surface area contributed by atoms with Crippen molar-refractivity contribution < 1.29 is 14.7 Å². The van der Waals surface area contributed by atoms with Crippen LogP contribution in [0.5, 0.6) is 0 Å². The molecule has 2 amide bonds. The second-order valence-electron chi connectivity index (χ2n) is 4.61. The molecule has 0 unspecified atom stereocenters. The molecule has 0 aliphatic rings. The molecule has 0 aromatic heterocycles. The number of nitrogens with one attached hydrogen (secondary N) is 2. The molecule has 0 radical (unpaired) electrons. The summed E-state index contributed by atoms with van der Waals surface area (Å²) in [7, 11) is 3.54. The molecular formula is C14H21N3O3. The van der Waals surface area contributed by atoms with Crippen LogP contribution in [0.3, 0.4) is 0 Å². The number of para-hydroxylation sites is 1. The highest BCUT2D eigenvalue weighted by Gasteiger charge is 2.16. The van der Waals surface area contributed by atoms with Gasteiger partial charge in [0.15, 0.2) is 0 Å². The summed E-state index contributed by atoms with van der Waals surface area (Å²) in [6, 6.07) is 4.60. The van der Waals surface area contributed by atoms with Crippen molar-refractivity contribution in [1.82, 2.24) is 10.2 Å². The number of anilines is 1. The number of hydrogen-bond donors (Lipinski definition) is 3. The van der Waals surface area contributed by atoms with Crippen molar-refractivity contribution in [2.45, 2.75) is 13.3 Å². The van der Waals surface area contributed by atoms with Gasteiger partial charge in [-0.3, -0.25) is 0 Å². The third kappa shape index (κ3) is 4.24. The Balaban J connectivity index is 2.77. The molecule has 0 aliphatic carbocycles.